The van der Waals surface area contributed by atoms with Crippen LogP contribution in [-0.2, 0) is 4.79 Å². The van der Waals surface area contributed by atoms with Crippen LogP contribution in [0.5, 0.6) is 0 Å². The third-order valence-electron chi connectivity index (χ3n) is 8.59. The number of carbonyl (C=O) groups excluding carboxylic acids is 1. The Morgan fingerprint density at radius 1 is 0.952 bits per heavy atom. The molecular weight excluding hydrogens is 256 g/mol. The van der Waals surface area contributed by atoms with E-state index in [0.717, 1.165) is 17.8 Å². The van der Waals surface area contributed by atoms with Crippen LogP contribution in [0, 0.1) is 40.4 Å². The highest BCUT2D eigenvalue weighted by atomic mass is 16.1. The normalized spacial score (nSPS) is 56.5. The van der Waals surface area contributed by atoms with E-state index in [1.165, 1.54) is 57.8 Å². The molecule has 118 valence electrons. The Bertz CT molecular complexity index is 455. The van der Waals surface area contributed by atoms with Crippen molar-refractivity contribution in [3.63, 3.8) is 0 Å². The van der Waals surface area contributed by atoms with Crippen molar-refractivity contribution in [3.05, 3.63) is 0 Å². The van der Waals surface area contributed by atoms with Crippen LogP contribution in [0.1, 0.15) is 78.6 Å². The third-order valence-corrected chi connectivity index (χ3v) is 8.59. The second kappa shape index (κ2) is 4.59. The summed E-state index contributed by atoms with van der Waals surface area (Å²) in [7, 11) is 0. The van der Waals surface area contributed by atoms with Gasteiger partial charge in [0, 0.05) is 11.3 Å². The fraction of sp³-hybridized carbons (Fsp3) is 0.950. The molecule has 1 nitrogen and oxygen atoms in total. The van der Waals surface area contributed by atoms with E-state index >= 15 is 0 Å². The van der Waals surface area contributed by atoms with Crippen LogP contribution in [0.25, 0.3) is 0 Å². The molecule has 1 heteroatoms. The van der Waals surface area contributed by atoms with Crippen LogP contribution >= 0.6 is 0 Å². The van der Waals surface area contributed by atoms with Crippen molar-refractivity contribution in [1.29, 1.82) is 0 Å². The van der Waals surface area contributed by atoms with Crippen LogP contribution in [0.2, 0.25) is 0 Å². The van der Waals surface area contributed by atoms with Gasteiger partial charge < -0.3 is 0 Å². The lowest BCUT2D eigenvalue weighted by atomic mass is 9.45. The molecule has 4 aliphatic carbocycles. The molecule has 7 atom stereocenters. The molecule has 0 saturated heterocycles. The fourth-order valence-corrected chi connectivity index (χ4v) is 7.41. The standard InChI is InChI=1S/C20H32O/c1-13-12-17-15-8-7-14-6-4-5-10-19(14,2)16(15)9-11-20(17,3)18(13)21/h13-17H,4-12H2,1-3H3/t13?,14-,15-,16+,17+,19+,20+/m1/s1. The smallest absolute Gasteiger partial charge is 0.141 e. The van der Waals surface area contributed by atoms with Gasteiger partial charge in [-0.05, 0) is 74.0 Å². The Morgan fingerprint density at radius 2 is 1.76 bits per heavy atom. The van der Waals surface area contributed by atoms with Crippen LogP contribution in [0.3, 0.4) is 0 Å². The van der Waals surface area contributed by atoms with E-state index in [1.807, 2.05) is 0 Å². The lowest BCUT2D eigenvalue weighted by Gasteiger charge is -2.59. The Balaban J connectivity index is 1.67. The number of fused-ring (bicyclic) bond motifs is 5. The van der Waals surface area contributed by atoms with Crippen molar-refractivity contribution in [3.8, 4) is 0 Å². The Hall–Kier alpha value is -0.330. The largest absolute Gasteiger partial charge is 0.299 e. The highest BCUT2D eigenvalue weighted by Crippen LogP contribution is 2.65. The number of carbonyl (C=O) groups is 1. The van der Waals surface area contributed by atoms with Crippen molar-refractivity contribution in [2.24, 2.45) is 40.4 Å². The topological polar surface area (TPSA) is 17.1 Å². The second-order valence-corrected chi connectivity index (χ2v) is 9.36. The molecule has 0 aromatic heterocycles. The van der Waals surface area contributed by atoms with Gasteiger partial charge in [-0.2, -0.15) is 0 Å². The van der Waals surface area contributed by atoms with Gasteiger partial charge in [-0.3, -0.25) is 4.79 Å². The minimum atomic E-state index is 0.0401. The van der Waals surface area contributed by atoms with E-state index in [1.54, 1.807) is 0 Å². The van der Waals surface area contributed by atoms with Gasteiger partial charge in [0.25, 0.3) is 0 Å². The predicted molar refractivity (Wildman–Crippen MR) is 85.9 cm³/mol. The zero-order valence-electron chi connectivity index (χ0n) is 14.2. The van der Waals surface area contributed by atoms with Gasteiger partial charge in [0.2, 0.25) is 0 Å². The number of hydrogen-bond acceptors (Lipinski definition) is 1. The average molecular weight is 288 g/mol. The van der Waals surface area contributed by atoms with E-state index in [2.05, 4.69) is 20.8 Å². The van der Waals surface area contributed by atoms with Gasteiger partial charge in [0.15, 0.2) is 0 Å². The lowest BCUT2D eigenvalue weighted by molar-refractivity contribution is -0.139. The molecule has 4 aliphatic rings. The molecule has 0 aromatic rings. The summed E-state index contributed by atoms with van der Waals surface area (Å²) in [4.78, 5) is 12.7. The first-order valence-corrected chi connectivity index (χ1v) is 9.51. The second-order valence-electron chi connectivity index (χ2n) is 9.36. The molecule has 0 aromatic carbocycles. The maximum Gasteiger partial charge on any atom is 0.141 e. The fourth-order valence-electron chi connectivity index (χ4n) is 7.41. The van der Waals surface area contributed by atoms with E-state index in [4.69, 9.17) is 0 Å². The van der Waals surface area contributed by atoms with Gasteiger partial charge in [-0.15, -0.1) is 0 Å². The van der Waals surface area contributed by atoms with Crippen molar-refractivity contribution in [2.75, 3.05) is 0 Å². The minimum Gasteiger partial charge on any atom is -0.299 e. The molecule has 4 rings (SSSR count). The highest BCUT2D eigenvalue weighted by Gasteiger charge is 2.61. The molecule has 4 fully saturated rings. The van der Waals surface area contributed by atoms with Gasteiger partial charge in [-0.25, -0.2) is 0 Å². The molecule has 0 bridgehead atoms. The lowest BCUT2D eigenvalue weighted by Crippen LogP contribution is -2.52. The van der Waals surface area contributed by atoms with E-state index in [-0.39, 0.29) is 5.41 Å². The Kier molecular flexibility index (Phi) is 3.12. The molecule has 0 aliphatic heterocycles. The van der Waals surface area contributed by atoms with Crippen molar-refractivity contribution < 1.29 is 4.79 Å². The molecule has 0 heterocycles. The monoisotopic (exact) mass is 288 g/mol. The summed E-state index contributed by atoms with van der Waals surface area (Å²) in [5.41, 5.74) is 0.649. The SMILES string of the molecule is CC1C[C@H]2[C@@H]3CC[C@H]4CCCC[C@]4(C)[C@H]3CC[C@]2(C)C1=O. The van der Waals surface area contributed by atoms with Crippen molar-refractivity contribution in [2.45, 2.75) is 78.6 Å². The number of Topliss-reactive ketones (excluding diaryl/α,β-unsaturated/α-hetero) is 1. The number of hydrogen-bond donors (Lipinski definition) is 0. The summed E-state index contributed by atoms with van der Waals surface area (Å²) in [6.07, 6.45) is 12.5. The molecule has 21 heavy (non-hydrogen) atoms. The first kappa shape index (κ1) is 14.3. The molecule has 0 radical (unpaired) electrons. The minimum absolute atomic E-state index is 0.0401. The summed E-state index contributed by atoms with van der Waals surface area (Å²) >= 11 is 0. The zero-order chi connectivity index (χ0) is 14.8. The quantitative estimate of drug-likeness (QED) is 0.596. The average Bonchev–Trinajstić information content (AvgIpc) is 2.70. The van der Waals surface area contributed by atoms with E-state index in [0.29, 0.717) is 23.0 Å². The third kappa shape index (κ3) is 1.78. The first-order chi connectivity index (χ1) is 9.97. The van der Waals surface area contributed by atoms with E-state index < -0.39 is 0 Å². The van der Waals surface area contributed by atoms with Crippen molar-refractivity contribution in [1.82, 2.24) is 0 Å². The van der Waals surface area contributed by atoms with Crippen LogP contribution in [0.4, 0.5) is 0 Å². The van der Waals surface area contributed by atoms with Crippen LogP contribution in [-0.4, -0.2) is 5.78 Å². The summed E-state index contributed by atoms with van der Waals surface area (Å²) in [5.74, 6) is 4.41. The van der Waals surface area contributed by atoms with Crippen molar-refractivity contribution >= 4 is 5.78 Å². The molecule has 0 N–H and O–H groups in total. The van der Waals surface area contributed by atoms with Crippen LogP contribution in [0.15, 0.2) is 0 Å². The molecular formula is C20H32O. The maximum absolute atomic E-state index is 12.7. The molecule has 1 unspecified atom stereocenters. The Morgan fingerprint density at radius 3 is 2.57 bits per heavy atom. The predicted octanol–water partition coefficient (Wildman–Crippen LogP) is 5.23. The number of ketones is 1. The first-order valence-electron chi connectivity index (χ1n) is 9.51. The molecule has 4 saturated carbocycles. The zero-order valence-corrected chi connectivity index (χ0v) is 14.2. The van der Waals surface area contributed by atoms with Gasteiger partial charge in [0.05, 0.1) is 0 Å². The van der Waals surface area contributed by atoms with Gasteiger partial charge in [-0.1, -0.05) is 33.6 Å². The molecule has 0 amide bonds. The summed E-state index contributed by atoms with van der Waals surface area (Å²) in [6, 6.07) is 0. The molecule has 0 spiro atoms. The summed E-state index contributed by atoms with van der Waals surface area (Å²) in [5, 5.41) is 0. The summed E-state index contributed by atoms with van der Waals surface area (Å²) in [6.45, 7) is 7.13. The number of rotatable bonds is 0. The summed E-state index contributed by atoms with van der Waals surface area (Å²) < 4.78 is 0. The van der Waals surface area contributed by atoms with Gasteiger partial charge in [0.1, 0.15) is 5.78 Å². The van der Waals surface area contributed by atoms with Crippen LogP contribution < -0.4 is 0 Å². The van der Waals surface area contributed by atoms with Gasteiger partial charge >= 0.3 is 0 Å². The highest BCUT2D eigenvalue weighted by molar-refractivity contribution is 5.89. The Labute approximate surface area is 130 Å². The van der Waals surface area contributed by atoms with E-state index in [9.17, 15) is 4.79 Å². The maximum atomic E-state index is 12.7.